The molecule has 0 saturated carbocycles. The lowest BCUT2D eigenvalue weighted by atomic mass is 10.3. The Bertz CT molecular complexity index is 761. The molecule has 24 heavy (non-hydrogen) atoms. The number of benzene rings is 1. The maximum absolute atomic E-state index is 12.4. The highest BCUT2D eigenvalue weighted by Gasteiger charge is 2.21. The van der Waals surface area contributed by atoms with Gasteiger partial charge in [-0.15, -0.1) is 11.8 Å². The highest BCUT2D eigenvalue weighted by atomic mass is 32.2. The summed E-state index contributed by atoms with van der Waals surface area (Å²) in [5.74, 6) is -0.824. The van der Waals surface area contributed by atoms with Crippen LogP contribution < -0.4 is 11.1 Å². The Morgan fingerprint density at radius 2 is 1.83 bits per heavy atom. The number of rotatable bonds is 8. The molecule has 0 aromatic heterocycles. The van der Waals surface area contributed by atoms with Crippen LogP contribution in [-0.4, -0.2) is 38.0 Å². The first-order valence-electron chi connectivity index (χ1n) is 7.17. The van der Waals surface area contributed by atoms with Crippen molar-refractivity contribution in [3.63, 3.8) is 0 Å². The van der Waals surface area contributed by atoms with Crippen molar-refractivity contribution in [2.24, 2.45) is 5.73 Å². The van der Waals surface area contributed by atoms with Gasteiger partial charge in [-0.1, -0.05) is 13.8 Å². The molecule has 0 aliphatic carbocycles. The van der Waals surface area contributed by atoms with Crippen molar-refractivity contribution in [2.75, 3.05) is 24.7 Å². The molecule has 0 aliphatic heterocycles. The molecule has 0 radical (unpaired) electrons. The number of hydrogen-bond donors (Lipinski definition) is 2. The van der Waals surface area contributed by atoms with Crippen LogP contribution in [0.2, 0.25) is 0 Å². The number of primary amides is 1. The van der Waals surface area contributed by atoms with Crippen molar-refractivity contribution in [3.8, 4) is 6.07 Å². The summed E-state index contributed by atoms with van der Waals surface area (Å²) in [7, 11) is -3.52. The topological polar surface area (TPSA) is 116 Å². The van der Waals surface area contributed by atoms with E-state index in [1.165, 1.54) is 28.2 Å². The first-order valence-corrected chi connectivity index (χ1v) is 9.83. The molecular weight excluding hydrogens is 348 g/mol. The second-order valence-corrected chi connectivity index (χ2v) is 7.38. The molecule has 0 unspecified atom stereocenters. The quantitative estimate of drug-likeness (QED) is 0.533. The average molecular weight is 368 g/mol. The first-order chi connectivity index (χ1) is 11.3. The normalized spacial score (nSPS) is 12.5. The van der Waals surface area contributed by atoms with Gasteiger partial charge in [0.05, 0.1) is 9.92 Å². The predicted octanol–water partition coefficient (Wildman–Crippen LogP) is 1.71. The SMILES string of the molecule is CCN(CC)S(=O)(=O)c1ccc(N/C(SC)=C(\C#N)C(N)=O)cc1. The van der Waals surface area contributed by atoms with E-state index in [2.05, 4.69) is 5.32 Å². The second-order valence-electron chi connectivity index (χ2n) is 4.62. The minimum Gasteiger partial charge on any atom is -0.365 e. The maximum atomic E-state index is 12.4. The maximum Gasteiger partial charge on any atom is 0.262 e. The van der Waals surface area contributed by atoms with Crippen molar-refractivity contribution in [3.05, 3.63) is 34.9 Å². The highest BCUT2D eigenvalue weighted by molar-refractivity contribution is 8.02. The zero-order valence-corrected chi connectivity index (χ0v) is 15.4. The van der Waals surface area contributed by atoms with E-state index >= 15 is 0 Å². The number of nitrogens with zero attached hydrogens (tertiary/aromatic N) is 2. The number of carbonyl (C=O) groups is 1. The fraction of sp³-hybridized carbons (Fsp3) is 0.333. The van der Waals surface area contributed by atoms with Crippen molar-refractivity contribution >= 4 is 33.4 Å². The van der Waals surface area contributed by atoms with E-state index in [0.717, 1.165) is 0 Å². The van der Waals surface area contributed by atoms with Crippen molar-refractivity contribution in [1.82, 2.24) is 4.31 Å². The minimum atomic E-state index is -3.52. The smallest absolute Gasteiger partial charge is 0.262 e. The first kappa shape index (κ1) is 20.0. The number of anilines is 1. The van der Waals surface area contributed by atoms with Crippen LogP contribution in [0.5, 0.6) is 0 Å². The zero-order chi connectivity index (χ0) is 18.3. The van der Waals surface area contributed by atoms with Gasteiger partial charge in [0, 0.05) is 18.8 Å². The summed E-state index contributed by atoms with van der Waals surface area (Å²) in [4.78, 5) is 11.4. The predicted molar refractivity (Wildman–Crippen MR) is 95.5 cm³/mol. The molecular formula is C15H20N4O3S2. The standard InChI is InChI=1S/C15H20N4O3S2/c1-4-19(5-2)24(21,22)12-8-6-11(7-9-12)18-15(23-3)13(10-16)14(17)20/h6-9,18H,4-5H2,1-3H3,(H2,17,20)/b15-13-. The molecule has 7 nitrogen and oxygen atoms in total. The van der Waals surface area contributed by atoms with E-state index in [0.29, 0.717) is 23.8 Å². The van der Waals surface area contributed by atoms with Gasteiger partial charge >= 0.3 is 0 Å². The van der Waals surface area contributed by atoms with Gasteiger partial charge in [-0.3, -0.25) is 4.79 Å². The fourth-order valence-electron chi connectivity index (χ4n) is 1.99. The molecule has 0 fully saturated rings. The lowest BCUT2D eigenvalue weighted by Crippen LogP contribution is -2.30. The molecule has 0 aliphatic rings. The number of hydrogen-bond acceptors (Lipinski definition) is 6. The number of thioether (sulfide) groups is 1. The third-order valence-electron chi connectivity index (χ3n) is 3.24. The van der Waals surface area contributed by atoms with E-state index in [1.54, 1.807) is 38.3 Å². The molecule has 0 spiro atoms. The van der Waals surface area contributed by atoms with Crippen LogP contribution in [0.1, 0.15) is 13.8 Å². The Morgan fingerprint density at radius 1 is 1.29 bits per heavy atom. The zero-order valence-electron chi connectivity index (χ0n) is 13.7. The fourth-order valence-corrected chi connectivity index (χ4v) is 4.02. The Kier molecular flexibility index (Phi) is 7.28. The number of nitrogens with one attached hydrogen (secondary N) is 1. The van der Waals surface area contributed by atoms with Crippen molar-refractivity contribution in [2.45, 2.75) is 18.7 Å². The number of carbonyl (C=O) groups excluding carboxylic acids is 1. The summed E-state index contributed by atoms with van der Waals surface area (Å²) in [6.45, 7) is 4.34. The van der Waals surface area contributed by atoms with E-state index in [1.807, 2.05) is 0 Å². The average Bonchev–Trinajstić information content (AvgIpc) is 2.55. The highest BCUT2D eigenvalue weighted by Crippen LogP contribution is 2.23. The largest absolute Gasteiger partial charge is 0.365 e. The van der Waals surface area contributed by atoms with E-state index in [9.17, 15) is 13.2 Å². The molecule has 0 saturated heterocycles. The van der Waals surface area contributed by atoms with Crippen LogP contribution in [0.25, 0.3) is 0 Å². The molecule has 1 rings (SSSR count). The molecule has 3 N–H and O–H groups in total. The molecule has 1 aromatic carbocycles. The number of nitriles is 1. The second kappa shape index (κ2) is 8.73. The molecule has 1 amide bonds. The van der Waals surface area contributed by atoms with Crippen LogP contribution in [0.15, 0.2) is 39.8 Å². The Labute approximate surface area is 146 Å². The van der Waals surface area contributed by atoms with Gasteiger partial charge in [0.1, 0.15) is 11.6 Å². The van der Waals surface area contributed by atoms with Gasteiger partial charge in [-0.25, -0.2) is 8.42 Å². The summed E-state index contributed by atoms with van der Waals surface area (Å²) in [6, 6.07) is 7.85. The molecule has 0 heterocycles. The van der Waals surface area contributed by atoms with Crippen molar-refractivity contribution < 1.29 is 13.2 Å². The van der Waals surface area contributed by atoms with Crippen LogP contribution in [0.3, 0.4) is 0 Å². The van der Waals surface area contributed by atoms with Gasteiger partial charge in [-0.05, 0) is 30.5 Å². The van der Waals surface area contributed by atoms with E-state index in [-0.39, 0.29) is 10.5 Å². The van der Waals surface area contributed by atoms with Crippen molar-refractivity contribution in [1.29, 1.82) is 5.26 Å². The van der Waals surface area contributed by atoms with Crippen LogP contribution in [0.4, 0.5) is 5.69 Å². The van der Waals surface area contributed by atoms with Gasteiger partial charge in [-0.2, -0.15) is 9.57 Å². The molecule has 0 atom stereocenters. The van der Waals surface area contributed by atoms with Gasteiger partial charge < -0.3 is 11.1 Å². The Morgan fingerprint density at radius 3 is 2.21 bits per heavy atom. The third-order valence-corrected chi connectivity index (χ3v) is 6.02. The molecule has 9 heteroatoms. The molecule has 1 aromatic rings. The van der Waals surface area contributed by atoms with E-state index < -0.39 is 15.9 Å². The van der Waals surface area contributed by atoms with Crippen LogP contribution >= 0.6 is 11.8 Å². The Hall–Kier alpha value is -2.02. The number of amides is 1. The van der Waals surface area contributed by atoms with Gasteiger partial charge in [0.25, 0.3) is 5.91 Å². The van der Waals surface area contributed by atoms with E-state index in [4.69, 9.17) is 11.0 Å². The summed E-state index contributed by atoms with van der Waals surface area (Å²) >= 11 is 1.17. The molecule has 0 bridgehead atoms. The summed E-state index contributed by atoms with van der Waals surface area (Å²) in [6.07, 6.45) is 1.70. The number of nitrogens with two attached hydrogens (primary N) is 1. The monoisotopic (exact) mass is 368 g/mol. The third kappa shape index (κ3) is 4.50. The molecule has 130 valence electrons. The van der Waals surface area contributed by atoms with Gasteiger partial charge in [0.2, 0.25) is 10.0 Å². The summed E-state index contributed by atoms with van der Waals surface area (Å²) < 4.78 is 26.2. The lowest BCUT2D eigenvalue weighted by Gasteiger charge is -2.18. The van der Waals surface area contributed by atoms with Crippen LogP contribution in [0, 0.1) is 11.3 Å². The summed E-state index contributed by atoms with van der Waals surface area (Å²) in [5.41, 5.74) is 5.53. The number of sulfonamides is 1. The van der Waals surface area contributed by atoms with Crippen LogP contribution in [-0.2, 0) is 14.8 Å². The Balaban J connectivity index is 3.13. The minimum absolute atomic E-state index is 0.178. The van der Waals surface area contributed by atoms with Gasteiger partial charge in [0.15, 0.2) is 0 Å². The lowest BCUT2D eigenvalue weighted by molar-refractivity contribution is -0.114. The summed E-state index contributed by atoms with van der Waals surface area (Å²) in [5, 5.41) is 12.2.